The molecular formula is C9H10NO2S-. The van der Waals surface area contributed by atoms with Crippen LogP contribution in [0.15, 0.2) is 30.3 Å². The van der Waals surface area contributed by atoms with Crippen molar-refractivity contribution in [3.8, 4) is 0 Å². The lowest BCUT2D eigenvalue weighted by molar-refractivity contribution is 0.531. The topological polar surface area (TPSA) is 43.4 Å². The van der Waals surface area contributed by atoms with Gasteiger partial charge in [0.05, 0.1) is 0 Å². The maximum atomic E-state index is 10.9. The standard InChI is InChI=1S/C9H11NO2S/c11-13(12)10(9-6-7-9)8-4-2-1-3-5-8/h1-5,9H,6-7H2,(H,11,12)/p-1. The molecule has 1 aromatic rings. The molecule has 0 aromatic heterocycles. The summed E-state index contributed by atoms with van der Waals surface area (Å²) < 4.78 is 23.3. The Labute approximate surface area is 79.8 Å². The van der Waals surface area contributed by atoms with E-state index < -0.39 is 11.3 Å². The summed E-state index contributed by atoms with van der Waals surface area (Å²) in [5.74, 6) is 0. The van der Waals surface area contributed by atoms with E-state index in [0.29, 0.717) is 0 Å². The second-order valence-corrected chi connectivity index (χ2v) is 3.94. The first kappa shape index (κ1) is 8.72. The summed E-state index contributed by atoms with van der Waals surface area (Å²) >= 11 is -2.14. The van der Waals surface area contributed by atoms with Crippen molar-refractivity contribution in [2.75, 3.05) is 4.31 Å². The largest absolute Gasteiger partial charge is 0.755 e. The minimum atomic E-state index is -2.14. The number of hydrogen-bond donors (Lipinski definition) is 0. The van der Waals surface area contributed by atoms with Crippen LogP contribution >= 0.6 is 0 Å². The van der Waals surface area contributed by atoms with Crippen LogP contribution in [0.5, 0.6) is 0 Å². The molecule has 1 saturated carbocycles. The van der Waals surface area contributed by atoms with E-state index in [1.54, 1.807) is 0 Å². The summed E-state index contributed by atoms with van der Waals surface area (Å²) in [6.07, 6.45) is 1.95. The van der Waals surface area contributed by atoms with Crippen molar-refractivity contribution >= 4 is 17.0 Å². The lowest BCUT2D eigenvalue weighted by Crippen LogP contribution is -2.27. The number of anilines is 1. The minimum absolute atomic E-state index is 0.195. The molecule has 1 aliphatic carbocycles. The fourth-order valence-corrected chi connectivity index (χ4v) is 2.05. The highest BCUT2D eigenvalue weighted by atomic mass is 32.2. The van der Waals surface area contributed by atoms with Crippen molar-refractivity contribution < 1.29 is 8.76 Å². The molecule has 4 heteroatoms. The van der Waals surface area contributed by atoms with Crippen LogP contribution in [-0.2, 0) is 11.3 Å². The molecule has 1 aliphatic rings. The zero-order valence-electron chi connectivity index (χ0n) is 7.05. The fourth-order valence-electron chi connectivity index (χ4n) is 1.30. The van der Waals surface area contributed by atoms with Crippen LogP contribution in [0, 0.1) is 0 Å². The van der Waals surface area contributed by atoms with Crippen molar-refractivity contribution in [1.29, 1.82) is 0 Å². The third kappa shape index (κ3) is 1.89. The van der Waals surface area contributed by atoms with Gasteiger partial charge in [-0.3, -0.25) is 8.51 Å². The minimum Gasteiger partial charge on any atom is -0.755 e. The van der Waals surface area contributed by atoms with Gasteiger partial charge in [0.2, 0.25) is 0 Å². The van der Waals surface area contributed by atoms with Crippen LogP contribution in [0.3, 0.4) is 0 Å². The summed E-state index contributed by atoms with van der Waals surface area (Å²) in [5.41, 5.74) is 0.762. The molecule has 1 unspecified atom stereocenters. The van der Waals surface area contributed by atoms with Gasteiger partial charge in [0.25, 0.3) is 0 Å². The lowest BCUT2D eigenvalue weighted by Gasteiger charge is -2.25. The Balaban J connectivity index is 2.25. The van der Waals surface area contributed by atoms with Crippen LogP contribution in [0.1, 0.15) is 12.8 Å². The van der Waals surface area contributed by atoms with E-state index in [-0.39, 0.29) is 6.04 Å². The summed E-state index contributed by atoms with van der Waals surface area (Å²) in [4.78, 5) is 0. The van der Waals surface area contributed by atoms with Crippen LogP contribution in [0.4, 0.5) is 5.69 Å². The second kappa shape index (κ2) is 3.47. The fraction of sp³-hybridized carbons (Fsp3) is 0.333. The predicted molar refractivity (Wildman–Crippen MR) is 50.9 cm³/mol. The number of benzene rings is 1. The molecule has 1 fully saturated rings. The molecule has 0 N–H and O–H groups in total. The van der Waals surface area contributed by atoms with Crippen molar-refractivity contribution in [3.63, 3.8) is 0 Å². The van der Waals surface area contributed by atoms with Gasteiger partial charge in [-0.15, -0.1) is 0 Å². The molecule has 0 bridgehead atoms. The molecule has 0 radical (unpaired) electrons. The van der Waals surface area contributed by atoms with Gasteiger partial charge >= 0.3 is 0 Å². The molecule has 0 saturated heterocycles. The molecular weight excluding hydrogens is 186 g/mol. The molecule has 70 valence electrons. The van der Waals surface area contributed by atoms with Gasteiger partial charge in [0.15, 0.2) is 0 Å². The summed E-state index contributed by atoms with van der Waals surface area (Å²) in [6.45, 7) is 0. The molecule has 2 rings (SSSR count). The first-order chi connectivity index (χ1) is 6.29. The van der Waals surface area contributed by atoms with Gasteiger partial charge in [0, 0.05) is 23.0 Å². The second-order valence-electron chi connectivity index (χ2n) is 3.11. The number of hydrogen-bond acceptors (Lipinski definition) is 2. The lowest BCUT2D eigenvalue weighted by atomic mass is 10.3. The van der Waals surface area contributed by atoms with Crippen LogP contribution in [-0.4, -0.2) is 14.8 Å². The average molecular weight is 196 g/mol. The molecule has 0 heterocycles. The Hall–Kier alpha value is -0.870. The van der Waals surface area contributed by atoms with Crippen LogP contribution in [0.2, 0.25) is 0 Å². The Morgan fingerprint density at radius 2 is 1.92 bits per heavy atom. The van der Waals surface area contributed by atoms with Gasteiger partial charge in [-0.05, 0) is 25.0 Å². The first-order valence-corrected chi connectivity index (χ1v) is 5.26. The highest BCUT2D eigenvalue weighted by Crippen LogP contribution is 2.32. The molecule has 0 spiro atoms. The zero-order valence-corrected chi connectivity index (χ0v) is 7.87. The molecule has 1 atom stereocenters. The third-order valence-electron chi connectivity index (χ3n) is 2.05. The van der Waals surface area contributed by atoms with Crippen molar-refractivity contribution in [1.82, 2.24) is 0 Å². The van der Waals surface area contributed by atoms with Crippen molar-refractivity contribution in [2.45, 2.75) is 18.9 Å². The SMILES string of the molecule is O=S([O-])N(c1ccccc1)C1CC1. The Morgan fingerprint density at radius 3 is 2.38 bits per heavy atom. The highest BCUT2D eigenvalue weighted by Gasteiger charge is 2.29. The van der Waals surface area contributed by atoms with Crippen LogP contribution < -0.4 is 4.31 Å². The van der Waals surface area contributed by atoms with E-state index >= 15 is 0 Å². The van der Waals surface area contributed by atoms with Gasteiger partial charge in [0.1, 0.15) is 0 Å². The molecule has 13 heavy (non-hydrogen) atoms. The summed E-state index contributed by atoms with van der Waals surface area (Å²) in [7, 11) is 0. The summed E-state index contributed by atoms with van der Waals surface area (Å²) in [6, 6.07) is 9.39. The average Bonchev–Trinajstić information content (AvgIpc) is 2.90. The number of rotatable bonds is 3. The quantitative estimate of drug-likeness (QED) is 0.687. The number of nitrogens with zero attached hydrogens (tertiary/aromatic N) is 1. The Bertz CT molecular complexity index is 311. The zero-order chi connectivity index (χ0) is 9.26. The van der Waals surface area contributed by atoms with E-state index in [0.717, 1.165) is 18.5 Å². The number of para-hydroxylation sites is 1. The monoisotopic (exact) mass is 196 g/mol. The molecule has 1 aromatic carbocycles. The Kier molecular flexibility index (Phi) is 2.33. The summed E-state index contributed by atoms with van der Waals surface area (Å²) in [5, 5.41) is 0. The van der Waals surface area contributed by atoms with Crippen molar-refractivity contribution in [3.05, 3.63) is 30.3 Å². The van der Waals surface area contributed by atoms with E-state index in [9.17, 15) is 8.76 Å². The van der Waals surface area contributed by atoms with E-state index in [4.69, 9.17) is 0 Å². The van der Waals surface area contributed by atoms with Gasteiger partial charge in [-0.1, -0.05) is 18.2 Å². The third-order valence-corrected chi connectivity index (χ3v) is 2.88. The molecule has 0 aliphatic heterocycles. The predicted octanol–water partition coefficient (Wildman–Crippen LogP) is 1.45. The van der Waals surface area contributed by atoms with E-state index in [1.165, 1.54) is 4.31 Å². The van der Waals surface area contributed by atoms with E-state index in [2.05, 4.69) is 0 Å². The first-order valence-electron chi connectivity index (χ1n) is 4.22. The van der Waals surface area contributed by atoms with Crippen molar-refractivity contribution in [2.24, 2.45) is 0 Å². The Morgan fingerprint density at radius 1 is 1.31 bits per heavy atom. The normalized spacial score (nSPS) is 18.2. The van der Waals surface area contributed by atoms with Gasteiger partial charge < -0.3 is 4.55 Å². The van der Waals surface area contributed by atoms with E-state index in [1.807, 2.05) is 30.3 Å². The maximum absolute atomic E-state index is 10.9. The van der Waals surface area contributed by atoms with Gasteiger partial charge in [-0.25, -0.2) is 0 Å². The van der Waals surface area contributed by atoms with Crippen LogP contribution in [0.25, 0.3) is 0 Å². The molecule has 3 nitrogen and oxygen atoms in total. The maximum Gasteiger partial charge on any atom is 0.0485 e. The highest BCUT2D eigenvalue weighted by molar-refractivity contribution is 7.80. The molecule has 0 amide bonds. The van der Waals surface area contributed by atoms with Gasteiger partial charge in [-0.2, -0.15) is 0 Å². The smallest absolute Gasteiger partial charge is 0.0485 e.